The van der Waals surface area contributed by atoms with Crippen LogP contribution in [0.3, 0.4) is 0 Å². The molecule has 11 heteroatoms. The number of thiazole rings is 1. The number of nitrogens with zero attached hydrogens (tertiary/aromatic N) is 4. The van der Waals surface area contributed by atoms with Crippen LogP contribution in [-0.2, 0) is 21.7 Å². The van der Waals surface area contributed by atoms with Crippen LogP contribution in [0.2, 0.25) is 0 Å². The number of sulfone groups is 1. The van der Waals surface area contributed by atoms with E-state index in [0.717, 1.165) is 12.1 Å². The summed E-state index contributed by atoms with van der Waals surface area (Å²) in [4.78, 5) is 30.9. The summed E-state index contributed by atoms with van der Waals surface area (Å²) in [6.45, 7) is 1.34. The largest absolute Gasteiger partial charge is 0.355 e. The number of benzene rings is 1. The summed E-state index contributed by atoms with van der Waals surface area (Å²) in [5.74, 6) is 0.488. The molecule has 0 saturated carbocycles. The standard InChI is InChI=1S/C19H21N5O4S2/c1-23-17(25)6-5-16(22-23)24-9-7-12(8-10-24)18(26)21-19-20-14-4-3-13(30(2,27)28)11-15(14)29-19/h3-6,11-12H,7-10H2,1-2H3,(H,20,21,26). The monoisotopic (exact) mass is 447 g/mol. The zero-order valence-electron chi connectivity index (χ0n) is 16.5. The molecule has 3 heterocycles. The number of aryl methyl sites for hydroxylation is 1. The summed E-state index contributed by atoms with van der Waals surface area (Å²) in [6, 6.07) is 7.94. The topological polar surface area (TPSA) is 114 Å². The smallest absolute Gasteiger partial charge is 0.266 e. The number of amides is 1. The summed E-state index contributed by atoms with van der Waals surface area (Å²) in [6.07, 6.45) is 2.49. The SMILES string of the molecule is Cn1nc(N2CCC(C(=O)Nc3nc4ccc(S(C)(=O)=O)cc4s3)CC2)ccc1=O. The normalized spacial score (nSPS) is 15.5. The molecule has 0 aliphatic carbocycles. The highest BCUT2D eigenvalue weighted by molar-refractivity contribution is 7.90. The number of rotatable bonds is 4. The van der Waals surface area contributed by atoms with Gasteiger partial charge in [0.25, 0.3) is 5.56 Å². The number of fused-ring (bicyclic) bond motifs is 1. The minimum absolute atomic E-state index is 0.0922. The van der Waals surface area contributed by atoms with Gasteiger partial charge < -0.3 is 10.2 Å². The number of carbonyl (C=O) groups is 1. The lowest BCUT2D eigenvalue weighted by Gasteiger charge is -2.31. The van der Waals surface area contributed by atoms with Gasteiger partial charge in [-0.2, -0.15) is 5.10 Å². The van der Waals surface area contributed by atoms with Gasteiger partial charge in [0.05, 0.1) is 15.1 Å². The lowest BCUT2D eigenvalue weighted by molar-refractivity contribution is -0.120. The van der Waals surface area contributed by atoms with Crippen LogP contribution in [0.5, 0.6) is 0 Å². The molecule has 1 fully saturated rings. The summed E-state index contributed by atoms with van der Waals surface area (Å²) < 4.78 is 25.5. The molecule has 1 aliphatic rings. The number of carbonyl (C=O) groups excluding carboxylic acids is 1. The molecule has 1 amide bonds. The van der Waals surface area contributed by atoms with Crippen molar-refractivity contribution in [2.45, 2.75) is 17.7 Å². The fourth-order valence-corrected chi connectivity index (χ4v) is 5.06. The van der Waals surface area contributed by atoms with Gasteiger partial charge in [0.15, 0.2) is 15.0 Å². The molecule has 158 valence electrons. The van der Waals surface area contributed by atoms with Crippen LogP contribution in [0.4, 0.5) is 10.9 Å². The summed E-state index contributed by atoms with van der Waals surface area (Å²) in [7, 11) is -1.68. The van der Waals surface area contributed by atoms with Gasteiger partial charge in [0.1, 0.15) is 5.82 Å². The maximum absolute atomic E-state index is 12.7. The lowest BCUT2D eigenvalue weighted by atomic mass is 9.96. The second-order valence-corrected chi connectivity index (χ2v) is 10.4. The molecule has 0 bridgehead atoms. The lowest BCUT2D eigenvalue weighted by Crippen LogP contribution is -2.39. The molecular weight excluding hydrogens is 426 g/mol. The Kier molecular flexibility index (Phi) is 5.33. The minimum atomic E-state index is -3.30. The first-order valence-electron chi connectivity index (χ1n) is 9.41. The van der Waals surface area contributed by atoms with E-state index < -0.39 is 9.84 Å². The van der Waals surface area contributed by atoms with Crippen molar-refractivity contribution in [2.24, 2.45) is 13.0 Å². The number of hydrogen-bond donors (Lipinski definition) is 1. The maximum Gasteiger partial charge on any atom is 0.266 e. The van der Waals surface area contributed by atoms with E-state index in [1.807, 2.05) is 0 Å². The third-order valence-corrected chi connectivity index (χ3v) is 7.20. The zero-order chi connectivity index (χ0) is 21.5. The van der Waals surface area contributed by atoms with Gasteiger partial charge in [-0.15, -0.1) is 0 Å². The molecule has 1 N–H and O–H groups in total. The molecule has 0 unspecified atom stereocenters. The van der Waals surface area contributed by atoms with Gasteiger partial charge in [-0.05, 0) is 37.1 Å². The van der Waals surface area contributed by atoms with E-state index >= 15 is 0 Å². The number of nitrogens with one attached hydrogen (secondary N) is 1. The van der Waals surface area contributed by atoms with E-state index in [9.17, 15) is 18.0 Å². The average molecular weight is 448 g/mol. The number of piperidine rings is 1. The average Bonchev–Trinajstić information content (AvgIpc) is 3.11. The molecule has 0 radical (unpaired) electrons. The Hall–Kier alpha value is -2.79. The molecule has 1 aromatic carbocycles. The van der Waals surface area contributed by atoms with Crippen LogP contribution >= 0.6 is 11.3 Å². The Bertz CT molecular complexity index is 1270. The number of aromatic nitrogens is 3. The molecule has 4 rings (SSSR count). The van der Waals surface area contributed by atoms with Crippen LogP contribution in [0.1, 0.15) is 12.8 Å². The van der Waals surface area contributed by atoms with Crippen LogP contribution in [0, 0.1) is 5.92 Å². The summed E-state index contributed by atoms with van der Waals surface area (Å²) in [5.41, 5.74) is 0.491. The van der Waals surface area contributed by atoms with Crippen molar-refractivity contribution in [1.29, 1.82) is 0 Å². The van der Waals surface area contributed by atoms with Gasteiger partial charge in [0, 0.05) is 38.4 Å². The first kappa shape index (κ1) is 20.5. The van der Waals surface area contributed by atoms with Crippen LogP contribution < -0.4 is 15.8 Å². The van der Waals surface area contributed by atoms with Crippen LogP contribution in [-0.4, -0.2) is 48.4 Å². The highest BCUT2D eigenvalue weighted by Gasteiger charge is 2.26. The first-order valence-corrected chi connectivity index (χ1v) is 12.1. The molecule has 2 aromatic heterocycles. The van der Waals surface area contributed by atoms with E-state index in [4.69, 9.17) is 0 Å². The third-order valence-electron chi connectivity index (χ3n) is 5.15. The Labute approximate surface area is 177 Å². The van der Waals surface area contributed by atoms with Gasteiger partial charge in [-0.3, -0.25) is 9.59 Å². The van der Waals surface area contributed by atoms with E-state index in [1.54, 1.807) is 25.2 Å². The predicted molar refractivity (Wildman–Crippen MR) is 116 cm³/mol. The van der Waals surface area contributed by atoms with Crippen molar-refractivity contribution in [1.82, 2.24) is 14.8 Å². The molecule has 9 nitrogen and oxygen atoms in total. The second-order valence-electron chi connectivity index (χ2n) is 7.32. The molecule has 1 saturated heterocycles. The van der Waals surface area contributed by atoms with Crippen molar-refractivity contribution in [3.63, 3.8) is 0 Å². The summed E-state index contributed by atoms with van der Waals surface area (Å²) in [5, 5.41) is 7.59. The molecule has 30 heavy (non-hydrogen) atoms. The van der Waals surface area contributed by atoms with Gasteiger partial charge in [-0.1, -0.05) is 11.3 Å². The van der Waals surface area contributed by atoms with E-state index in [-0.39, 0.29) is 22.3 Å². The molecule has 0 atom stereocenters. The molecular formula is C19H21N5O4S2. The minimum Gasteiger partial charge on any atom is -0.355 e. The van der Waals surface area contributed by atoms with Crippen LogP contribution in [0.25, 0.3) is 10.2 Å². The van der Waals surface area contributed by atoms with E-state index in [0.29, 0.717) is 41.3 Å². The Morgan fingerprint density at radius 3 is 2.60 bits per heavy atom. The highest BCUT2D eigenvalue weighted by atomic mass is 32.2. The summed E-state index contributed by atoms with van der Waals surface area (Å²) >= 11 is 1.26. The second kappa shape index (κ2) is 7.80. The Morgan fingerprint density at radius 1 is 1.20 bits per heavy atom. The predicted octanol–water partition coefficient (Wildman–Crippen LogP) is 1.65. The van der Waals surface area contributed by atoms with Crippen LogP contribution in [0.15, 0.2) is 40.0 Å². The van der Waals surface area contributed by atoms with Gasteiger partial charge >= 0.3 is 0 Å². The van der Waals surface area contributed by atoms with Crippen molar-refractivity contribution in [2.75, 3.05) is 29.6 Å². The Balaban J connectivity index is 1.41. The Morgan fingerprint density at radius 2 is 1.93 bits per heavy atom. The zero-order valence-corrected chi connectivity index (χ0v) is 18.2. The number of hydrogen-bond acceptors (Lipinski definition) is 8. The van der Waals surface area contributed by atoms with Gasteiger partial charge in [0.2, 0.25) is 5.91 Å². The first-order chi connectivity index (χ1) is 14.2. The fraction of sp³-hybridized carbons (Fsp3) is 0.368. The maximum atomic E-state index is 12.7. The third kappa shape index (κ3) is 4.21. The highest BCUT2D eigenvalue weighted by Crippen LogP contribution is 2.29. The van der Waals surface area contributed by atoms with E-state index in [2.05, 4.69) is 20.3 Å². The quantitative estimate of drug-likeness (QED) is 0.647. The van der Waals surface area contributed by atoms with Crippen molar-refractivity contribution in [3.05, 3.63) is 40.7 Å². The van der Waals surface area contributed by atoms with Gasteiger partial charge in [-0.25, -0.2) is 18.1 Å². The fourth-order valence-electron chi connectivity index (χ4n) is 3.43. The molecule has 0 spiro atoms. The molecule has 1 aliphatic heterocycles. The van der Waals surface area contributed by atoms with Crippen molar-refractivity contribution in [3.8, 4) is 0 Å². The van der Waals surface area contributed by atoms with E-state index in [1.165, 1.54) is 28.2 Å². The van der Waals surface area contributed by atoms with Crippen molar-refractivity contribution < 1.29 is 13.2 Å². The molecule has 3 aromatic rings. The van der Waals surface area contributed by atoms with Crippen molar-refractivity contribution >= 4 is 48.2 Å². The number of anilines is 2.